The van der Waals surface area contributed by atoms with Gasteiger partial charge in [-0.25, -0.2) is 0 Å². The van der Waals surface area contributed by atoms with Crippen LogP contribution in [0, 0.1) is 17.3 Å². The van der Waals surface area contributed by atoms with E-state index >= 15 is 0 Å². The molecular formula is C15H29NO. The van der Waals surface area contributed by atoms with Gasteiger partial charge in [0.15, 0.2) is 0 Å². The largest absolute Gasteiger partial charge is 0.356 e. The minimum absolute atomic E-state index is 0.191. The Morgan fingerprint density at radius 2 is 1.94 bits per heavy atom. The molecule has 0 aromatic heterocycles. The van der Waals surface area contributed by atoms with Gasteiger partial charge in [-0.2, -0.15) is 0 Å². The van der Waals surface area contributed by atoms with E-state index in [1.807, 2.05) is 0 Å². The lowest BCUT2D eigenvalue weighted by molar-refractivity contribution is -0.130. The molecule has 100 valence electrons. The molecule has 0 saturated heterocycles. The molecule has 1 rings (SSSR count). The molecule has 2 nitrogen and oxygen atoms in total. The van der Waals surface area contributed by atoms with Gasteiger partial charge in [-0.05, 0) is 24.2 Å². The lowest BCUT2D eigenvalue weighted by Crippen LogP contribution is -2.42. The Balaban J connectivity index is 2.46. The quantitative estimate of drug-likeness (QED) is 0.777. The Morgan fingerprint density at radius 3 is 2.47 bits per heavy atom. The zero-order chi connectivity index (χ0) is 12.9. The fraction of sp³-hybridized carbons (Fsp3) is 0.933. The highest BCUT2D eigenvalue weighted by atomic mass is 16.1. The molecule has 1 fully saturated rings. The van der Waals surface area contributed by atoms with Crippen LogP contribution >= 0.6 is 0 Å². The Labute approximate surface area is 107 Å². The Kier molecular flexibility index (Phi) is 5.48. The predicted molar refractivity (Wildman–Crippen MR) is 72.8 cm³/mol. The fourth-order valence-electron chi connectivity index (χ4n) is 2.93. The lowest BCUT2D eigenvalue weighted by Gasteiger charge is -2.37. The fourth-order valence-corrected chi connectivity index (χ4v) is 2.93. The molecule has 0 bridgehead atoms. The minimum atomic E-state index is 0.191. The van der Waals surface area contributed by atoms with Gasteiger partial charge in [0, 0.05) is 12.5 Å². The Hall–Kier alpha value is -0.530. The molecule has 17 heavy (non-hydrogen) atoms. The molecule has 1 aliphatic rings. The predicted octanol–water partition coefficient (Wildman–Crippen LogP) is 3.76. The normalized spacial score (nSPS) is 23.7. The maximum absolute atomic E-state index is 12.2. The standard InChI is InChI=1S/C15H29NO/c1-5-12(6-2)11-16-14(17)13-9-7-8-10-15(13,3)4/h12-13H,5-11H2,1-4H3,(H,16,17). The van der Waals surface area contributed by atoms with E-state index in [0.29, 0.717) is 11.8 Å². The van der Waals surface area contributed by atoms with Crippen LogP contribution < -0.4 is 5.32 Å². The molecule has 1 aliphatic carbocycles. The average Bonchev–Trinajstić information content (AvgIpc) is 2.29. The Bertz CT molecular complexity index is 243. The monoisotopic (exact) mass is 239 g/mol. The van der Waals surface area contributed by atoms with Gasteiger partial charge in [0.2, 0.25) is 5.91 Å². The third kappa shape index (κ3) is 4.01. The van der Waals surface area contributed by atoms with E-state index in [-0.39, 0.29) is 11.3 Å². The molecule has 1 amide bonds. The number of carbonyl (C=O) groups excluding carboxylic acids is 1. The third-order valence-electron chi connectivity index (χ3n) is 4.54. The van der Waals surface area contributed by atoms with Crippen molar-refractivity contribution in [2.45, 2.75) is 66.2 Å². The van der Waals surface area contributed by atoms with E-state index < -0.39 is 0 Å². The number of rotatable bonds is 5. The molecule has 0 aromatic rings. The van der Waals surface area contributed by atoms with Crippen molar-refractivity contribution in [1.29, 1.82) is 0 Å². The number of hydrogen-bond donors (Lipinski definition) is 1. The van der Waals surface area contributed by atoms with Crippen LogP contribution in [-0.4, -0.2) is 12.5 Å². The maximum Gasteiger partial charge on any atom is 0.223 e. The summed E-state index contributed by atoms with van der Waals surface area (Å²) in [5.41, 5.74) is 0.191. The summed E-state index contributed by atoms with van der Waals surface area (Å²) in [5, 5.41) is 3.17. The Morgan fingerprint density at radius 1 is 1.29 bits per heavy atom. The van der Waals surface area contributed by atoms with Gasteiger partial charge in [0.05, 0.1) is 0 Å². The van der Waals surface area contributed by atoms with Crippen molar-refractivity contribution in [2.24, 2.45) is 17.3 Å². The van der Waals surface area contributed by atoms with E-state index in [0.717, 1.165) is 25.8 Å². The maximum atomic E-state index is 12.2. The molecule has 0 radical (unpaired) electrons. The van der Waals surface area contributed by atoms with Crippen LogP contribution in [0.3, 0.4) is 0 Å². The molecule has 0 aliphatic heterocycles. The molecule has 2 heteroatoms. The lowest BCUT2D eigenvalue weighted by atomic mass is 9.68. The van der Waals surface area contributed by atoms with E-state index in [4.69, 9.17) is 0 Å². The smallest absolute Gasteiger partial charge is 0.223 e. The highest BCUT2D eigenvalue weighted by Crippen LogP contribution is 2.40. The average molecular weight is 239 g/mol. The first-order chi connectivity index (χ1) is 8.01. The van der Waals surface area contributed by atoms with Crippen molar-refractivity contribution in [3.8, 4) is 0 Å². The number of carbonyl (C=O) groups is 1. The topological polar surface area (TPSA) is 29.1 Å². The molecule has 1 N–H and O–H groups in total. The van der Waals surface area contributed by atoms with Gasteiger partial charge >= 0.3 is 0 Å². The molecular weight excluding hydrogens is 210 g/mol. The van der Waals surface area contributed by atoms with Crippen LogP contribution in [0.2, 0.25) is 0 Å². The molecule has 1 saturated carbocycles. The second-order valence-electron chi connectivity index (χ2n) is 6.21. The van der Waals surface area contributed by atoms with Crippen molar-refractivity contribution in [3.05, 3.63) is 0 Å². The highest BCUT2D eigenvalue weighted by molar-refractivity contribution is 5.79. The summed E-state index contributed by atoms with van der Waals surface area (Å²) in [6.45, 7) is 9.75. The molecule has 0 heterocycles. The van der Waals surface area contributed by atoms with E-state index in [1.165, 1.54) is 19.3 Å². The zero-order valence-electron chi connectivity index (χ0n) is 12.0. The van der Waals surface area contributed by atoms with Crippen LogP contribution in [0.25, 0.3) is 0 Å². The van der Waals surface area contributed by atoms with Crippen molar-refractivity contribution in [2.75, 3.05) is 6.54 Å². The second-order valence-corrected chi connectivity index (χ2v) is 6.21. The summed E-state index contributed by atoms with van der Waals surface area (Å²) >= 11 is 0. The summed E-state index contributed by atoms with van der Waals surface area (Å²) < 4.78 is 0. The molecule has 0 spiro atoms. The number of hydrogen-bond acceptors (Lipinski definition) is 1. The number of nitrogens with one attached hydrogen (secondary N) is 1. The first kappa shape index (κ1) is 14.5. The van der Waals surface area contributed by atoms with Gasteiger partial charge in [-0.3, -0.25) is 4.79 Å². The molecule has 1 unspecified atom stereocenters. The van der Waals surface area contributed by atoms with E-state index in [1.54, 1.807) is 0 Å². The first-order valence-corrected chi connectivity index (χ1v) is 7.29. The zero-order valence-corrected chi connectivity index (χ0v) is 12.0. The summed E-state index contributed by atoms with van der Waals surface area (Å²) in [4.78, 5) is 12.2. The summed E-state index contributed by atoms with van der Waals surface area (Å²) in [5.74, 6) is 1.16. The molecule has 0 aromatic carbocycles. The summed E-state index contributed by atoms with van der Waals surface area (Å²) in [6.07, 6.45) is 7.07. The van der Waals surface area contributed by atoms with Gasteiger partial charge in [0.25, 0.3) is 0 Å². The van der Waals surface area contributed by atoms with Crippen LogP contribution in [0.4, 0.5) is 0 Å². The SMILES string of the molecule is CCC(CC)CNC(=O)C1CCCCC1(C)C. The summed E-state index contributed by atoms with van der Waals surface area (Å²) in [7, 11) is 0. The van der Waals surface area contributed by atoms with Crippen molar-refractivity contribution in [1.82, 2.24) is 5.32 Å². The van der Waals surface area contributed by atoms with Crippen LogP contribution in [0.1, 0.15) is 66.2 Å². The first-order valence-electron chi connectivity index (χ1n) is 7.29. The van der Waals surface area contributed by atoms with Crippen molar-refractivity contribution >= 4 is 5.91 Å². The van der Waals surface area contributed by atoms with E-state index in [9.17, 15) is 4.79 Å². The van der Waals surface area contributed by atoms with Crippen LogP contribution in [0.15, 0.2) is 0 Å². The van der Waals surface area contributed by atoms with Crippen molar-refractivity contribution in [3.63, 3.8) is 0 Å². The van der Waals surface area contributed by atoms with Gasteiger partial charge < -0.3 is 5.32 Å². The summed E-state index contributed by atoms with van der Waals surface area (Å²) in [6, 6.07) is 0. The van der Waals surface area contributed by atoms with E-state index in [2.05, 4.69) is 33.0 Å². The van der Waals surface area contributed by atoms with Crippen LogP contribution in [0.5, 0.6) is 0 Å². The van der Waals surface area contributed by atoms with Crippen LogP contribution in [-0.2, 0) is 4.79 Å². The molecule has 1 atom stereocenters. The van der Waals surface area contributed by atoms with Crippen molar-refractivity contribution < 1.29 is 4.79 Å². The van der Waals surface area contributed by atoms with Gasteiger partial charge in [-0.15, -0.1) is 0 Å². The second kappa shape index (κ2) is 6.42. The minimum Gasteiger partial charge on any atom is -0.356 e. The number of amides is 1. The van der Waals surface area contributed by atoms with Gasteiger partial charge in [-0.1, -0.05) is 53.4 Å². The highest BCUT2D eigenvalue weighted by Gasteiger charge is 2.36. The third-order valence-corrected chi connectivity index (χ3v) is 4.54. The van der Waals surface area contributed by atoms with Gasteiger partial charge in [0.1, 0.15) is 0 Å².